The molecule has 0 amide bonds. The summed E-state index contributed by atoms with van der Waals surface area (Å²) in [6.07, 6.45) is 45.8. The summed E-state index contributed by atoms with van der Waals surface area (Å²) in [4.78, 5) is 0. The zero-order valence-corrected chi connectivity index (χ0v) is 42.3. The fraction of sp³-hybridized carbons (Fsp3) is 0.724. The second-order valence-corrected chi connectivity index (χ2v) is 19.8. The Morgan fingerprint density at radius 1 is 0.361 bits per heavy atom. The van der Waals surface area contributed by atoms with Crippen molar-refractivity contribution in [3.8, 4) is 0 Å². The fourth-order valence-electron chi connectivity index (χ4n) is 8.73. The number of hydrogen-bond donors (Lipinski definition) is 0. The van der Waals surface area contributed by atoms with Crippen LogP contribution >= 0.6 is 0 Å². The van der Waals surface area contributed by atoms with E-state index in [2.05, 4.69) is 90.1 Å². The molecule has 3 rings (SSSR count). The first kappa shape index (κ1) is 55.1. The Balaban J connectivity index is 0.000000434. The van der Waals surface area contributed by atoms with Crippen LogP contribution in [0.2, 0.25) is 10.8 Å². The third-order valence-corrected chi connectivity index (χ3v) is 14.0. The van der Waals surface area contributed by atoms with E-state index in [1.807, 2.05) is 14.4 Å². The van der Waals surface area contributed by atoms with E-state index in [-0.39, 0.29) is 0 Å². The number of allylic oxidation sites excluding steroid dienone is 2. The van der Waals surface area contributed by atoms with Gasteiger partial charge >= 0.3 is 166 Å². The Hall–Kier alpha value is -1.99. The predicted octanol–water partition coefficient (Wildman–Crippen LogP) is 20.4. The third kappa shape index (κ3) is 24.6. The Labute approximate surface area is 386 Å². The molecule has 350 valence electrons. The van der Waals surface area contributed by atoms with E-state index < -0.39 is 0 Å². The van der Waals surface area contributed by atoms with Gasteiger partial charge in [0.2, 0.25) is 11.4 Å². The molecule has 3 heteroatoms. The van der Waals surface area contributed by atoms with E-state index in [4.69, 9.17) is 0 Å². The van der Waals surface area contributed by atoms with E-state index in [1.165, 1.54) is 205 Å². The molecule has 1 heterocycles. The fourth-order valence-corrected chi connectivity index (χ4v) is 9.96. The average molecular weight is 882 g/mol. The summed E-state index contributed by atoms with van der Waals surface area (Å²) in [5.74, 6) is 0. The van der Waals surface area contributed by atoms with Crippen molar-refractivity contribution in [2.75, 3.05) is 0 Å². The molecular formula is C58H98N2Ni. The second-order valence-electron chi connectivity index (χ2n) is 18.3. The van der Waals surface area contributed by atoms with Crippen molar-refractivity contribution in [3.63, 3.8) is 0 Å². The number of unbranched alkanes of at least 4 members (excludes halogenated alkanes) is 24. The van der Waals surface area contributed by atoms with Crippen LogP contribution in [0, 0.1) is 0 Å². The zero-order chi connectivity index (χ0) is 44.0. The maximum absolute atomic E-state index is 11.7. The van der Waals surface area contributed by atoms with E-state index in [0.29, 0.717) is 0 Å². The molecule has 2 aromatic rings. The molecule has 0 bridgehead atoms. The summed E-state index contributed by atoms with van der Waals surface area (Å²) >= 11 is 2.03. The average Bonchev–Trinajstić information content (AvgIpc) is 3.56. The third-order valence-electron chi connectivity index (χ3n) is 12.6. The van der Waals surface area contributed by atoms with Gasteiger partial charge in [-0.15, -0.1) is 0 Å². The smallest absolute Gasteiger partial charge is 0.0654 e. The Morgan fingerprint density at radius 2 is 0.656 bits per heavy atom. The maximum atomic E-state index is 11.7. The Bertz CT molecular complexity index is 1330. The van der Waals surface area contributed by atoms with E-state index in [9.17, 15) is 5.53 Å². The number of aryl methyl sites for hydroxylation is 2. The first-order valence-corrected chi connectivity index (χ1v) is 28.0. The van der Waals surface area contributed by atoms with Crippen LogP contribution in [0.25, 0.3) is 16.9 Å². The summed E-state index contributed by atoms with van der Waals surface area (Å²) in [5.41, 5.74) is 21.5. The quantitative estimate of drug-likeness (QED) is 0.0365. The number of benzene rings is 2. The summed E-state index contributed by atoms with van der Waals surface area (Å²) < 4.78 is 1.54. The molecule has 61 heavy (non-hydrogen) atoms. The van der Waals surface area contributed by atoms with Crippen LogP contribution in [0.1, 0.15) is 269 Å². The zero-order valence-electron chi connectivity index (χ0n) is 41.3. The van der Waals surface area contributed by atoms with Crippen molar-refractivity contribution < 1.29 is 19.1 Å². The van der Waals surface area contributed by atoms with Gasteiger partial charge in [-0.25, -0.2) is 4.70 Å². The Kier molecular flexibility index (Phi) is 34.8. The molecule has 0 spiro atoms. The van der Waals surface area contributed by atoms with Gasteiger partial charge in [-0.2, -0.15) is 0 Å². The molecule has 0 saturated heterocycles. The van der Waals surface area contributed by atoms with Gasteiger partial charge in [0.1, 0.15) is 0 Å². The minimum Gasteiger partial charge on any atom is -0.0654 e. The van der Waals surface area contributed by atoms with Crippen LogP contribution < -0.4 is 0 Å². The summed E-state index contributed by atoms with van der Waals surface area (Å²) in [7, 11) is 0. The minimum absolute atomic E-state index is 1.01. The predicted molar refractivity (Wildman–Crippen MR) is 269 cm³/mol. The van der Waals surface area contributed by atoms with E-state index >= 15 is 0 Å². The molecule has 0 unspecified atom stereocenters. The van der Waals surface area contributed by atoms with Gasteiger partial charge in [-0.1, -0.05) is 91.5 Å². The second kappa shape index (κ2) is 38.5. The van der Waals surface area contributed by atoms with Gasteiger partial charge in [0, 0.05) is 22.3 Å². The van der Waals surface area contributed by atoms with Gasteiger partial charge in [0.25, 0.3) is 0 Å². The first-order chi connectivity index (χ1) is 30.1. The molecule has 0 fully saturated rings. The minimum atomic E-state index is 1.01. The molecule has 0 N–H and O–H groups in total. The normalized spacial score (nSPS) is 12.9. The standard InChI is InChI=1S/C32H44N2.2C13H27.Ni/c1-5-9-15-25-17-13-19-27(23-25)31-29(21-11-7-3)30(22-12-8-4)32(34(31)33)28-20-14-18-26(24-28)16-10-6-2;2*1-3-5-7-9-11-13-12-10-8-6-4-2;/h13-14,17-20,23-24H,5-12,15-16,21-22H2,1-4H3;2*1,3-13H2,2H3;. The van der Waals surface area contributed by atoms with Gasteiger partial charge in [0.15, 0.2) is 0 Å². The van der Waals surface area contributed by atoms with Crippen LogP contribution in [-0.4, -0.2) is 4.70 Å². The van der Waals surface area contributed by atoms with Crippen LogP contribution in [0.4, 0.5) is 0 Å². The van der Waals surface area contributed by atoms with Crippen molar-refractivity contribution in [3.05, 3.63) is 87.5 Å². The molecule has 0 aromatic heterocycles. The topological polar surface area (TPSA) is 25.3 Å². The van der Waals surface area contributed by atoms with E-state index in [1.54, 1.807) is 0 Å². The summed E-state index contributed by atoms with van der Waals surface area (Å²) in [6, 6.07) is 17.7. The summed E-state index contributed by atoms with van der Waals surface area (Å²) in [6.45, 7) is 13.6. The monoisotopic (exact) mass is 881 g/mol. The molecule has 1 aliphatic heterocycles. The van der Waals surface area contributed by atoms with Crippen molar-refractivity contribution in [1.29, 1.82) is 0 Å². The number of nitrogens with zero attached hydrogens (tertiary/aromatic N) is 2. The van der Waals surface area contributed by atoms with Crippen LogP contribution in [0.15, 0.2) is 59.7 Å². The summed E-state index contributed by atoms with van der Waals surface area (Å²) in [5, 5.41) is 2.86. The van der Waals surface area contributed by atoms with Gasteiger partial charge < -0.3 is 5.53 Å². The number of rotatable bonds is 38. The molecule has 2 nitrogen and oxygen atoms in total. The van der Waals surface area contributed by atoms with Crippen LogP contribution in [0.3, 0.4) is 0 Å². The molecule has 0 aliphatic carbocycles. The molecule has 0 saturated carbocycles. The molecule has 1 aliphatic rings. The van der Waals surface area contributed by atoms with Gasteiger partial charge in [-0.3, -0.25) is 0 Å². The molecule has 0 atom stereocenters. The molecule has 0 radical (unpaired) electrons. The van der Waals surface area contributed by atoms with Gasteiger partial charge in [0.05, 0.1) is 0 Å². The molecular weight excluding hydrogens is 783 g/mol. The van der Waals surface area contributed by atoms with Crippen molar-refractivity contribution in [2.45, 2.75) is 271 Å². The van der Waals surface area contributed by atoms with Gasteiger partial charge in [-0.05, 0) is 86.8 Å². The molecule has 2 aromatic carbocycles. The van der Waals surface area contributed by atoms with Crippen LogP contribution in [-0.2, 0) is 27.3 Å². The van der Waals surface area contributed by atoms with Crippen molar-refractivity contribution in [1.82, 2.24) is 0 Å². The Morgan fingerprint density at radius 3 is 0.984 bits per heavy atom. The SMILES string of the molecule is CCCCC1=C(c2cccc(CCCC)c2)[N+](=[N-])C(c2cccc(CCCC)c2)=C1CCCC.CCCCCCCCCCCC[CH2][Ni][CH2]CCCCCCCCCCCC. The first-order valence-electron chi connectivity index (χ1n) is 26.6. The number of hydrogen-bond acceptors (Lipinski definition) is 0. The van der Waals surface area contributed by atoms with Crippen LogP contribution in [0.5, 0.6) is 0 Å². The van der Waals surface area contributed by atoms with Crippen molar-refractivity contribution in [2.24, 2.45) is 0 Å². The van der Waals surface area contributed by atoms with E-state index in [0.717, 1.165) is 73.9 Å². The van der Waals surface area contributed by atoms with Crippen molar-refractivity contribution >= 4 is 11.4 Å².